The Morgan fingerprint density at radius 2 is 2.38 bits per heavy atom. The topological polar surface area (TPSA) is 0 Å². The summed E-state index contributed by atoms with van der Waals surface area (Å²) >= 11 is -0.912. The molecule has 8 heavy (non-hydrogen) atoms. The van der Waals surface area contributed by atoms with Crippen molar-refractivity contribution in [1.29, 1.82) is 0 Å². The third-order valence-corrected chi connectivity index (χ3v) is 4.79. The Kier molecular flexibility index (Phi) is 1.95. The SMILES string of the molecule is [CH3][GeH]([CH3])[C]1=[C]CC=C1. The average molecular weight is 168 g/mol. The molecule has 0 saturated carbocycles. The van der Waals surface area contributed by atoms with Gasteiger partial charge in [-0.15, -0.1) is 0 Å². The van der Waals surface area contributed by atoms with Crippen molar-refractivity contribution in [2.45, 2.75) is 17.9 Å². The fourth-order valence-corrected chi connectivity index (χ4v) is 3.02. The van der Waals surface area contributed by atoms with Gasteiger partial charge in [0, 0.05) is 0 Å². The van der Waals surface area contributed by atoms with E-state index < -0.39 is 14.3 Å². The normalized spacial score (nSPS) is 17.6. The van der Waals surface area contributed by atoms with Crippen molar-refractivity contribution in [2.24, 2.45) is 0 Å². The summed E-state index contributed by atoms with van der Waals surface area (Å²) in [5.74, 6) is 4.76. The maximum absolute atomic E-state index is 3.34. The van der Waals surface area contributed by atoms with E-state index in [4.69, 9.17) is 0 Å². The molecule has 0 saturated heterocycles. The fraction of sp³-hybridized carbons (Fsp3) is 0.429. The fourth-order valence-electron chi connectivity index (χ4n) is 0.818. The Hall–Kier alpha value is 0.0229. The van der Waals surface area contributed by atoms with E-state index in [-0.39, 0.29) is 0 Å². The third-order valence-electron chi connectivity index (χ3n) is 1.34. The summed E-state index contributed by atoms with van der Waals surface area (Å²) in [6, 6.07) is 0. The zero-order chi connectivity index (χ0) is 5.98. The van der Waals surface area contributed by atoms with Gasteiger partial charge in [-0.25, -0.2) is 0 Å². The van der Waals surface area contributed by atoms with Crippen LogP contribution in [0.15, 0.2) is 16.6 Å². The Bertz CT molecular complexity index is 131. The summed E-state index contributed by atoms with van der Waals surface area (Å²) in [6.07, 6.45) is 8.85. The molecule has 1 rings (SSSR count). The quantitative estimate of drug-likeness (QED) is 0.522. The van der Waals surface area contributed by atoms with E-state index in [9.17, 15) is 0 Å². The zero-order valence-electron chi connectivity index (χ0n) is 5.44. The second-order valence-corrected chi connectivity index (χ2v) is 8.54. The molecule has 0 aromatic heterocycles. The molecule has 0 fully saturated rings. The number of allylic oxidation sites excluding steroid dienone is 4. The number of rotatable bonds is 1. The van der Waals surface area contributed by atoms with Crippen molar-refractivity contribution in [3.05, 3.63) is 22.6 Å². The Morgan fingerprint density at radius 1 is 1.62 bits per heavy atom. The van der Waals surface area contributed by atoms with E-state index in [0.29, 0.717) is 0 Å². The van der Waals surface area contributed by atoms with E-state index in [1.165, 1.54) is 0 Å². The van der Waals surface area contributed by atoms with Crippen LogP contribution in [0.5, 0.6) is 0 Å². The van der Waals surface area contributed by atoms with Crippen LogP contribution in [-0.4, -0.2) is 14.3 Å². The molecule has 1 radical (unpaired) electrons. The monoisotopic (exact) mass is 169 g/mol. The predicted molar refractivity (Wildman–Crippen MR) is 39.4 cm³/mol. The molecule has 0 aliphatic heterocycles. The van der Waals surface area contributed by atoms with Crippen LogP contribution in [0.25, 0.3) is 0 Å². The van der Waals surface area contributed by atoms with Crippen LogP contribution < -0.4 is 0 Å². The number of hydrogen-bond acceptors (Lipinski definition) is 0. The molecule has 1 aliphatic rings. The van der Waals surface area contributed by atoms with Crippen molar-refractivity contribution < 1.29 is 0 Å². The van der Waals surface area contributed by atoms with Crippen LogP contribution in [0.2, 0.25) is 11.5 Å². The molecule has 0 amide bonds. The first-order chi connectivity index (χ1) is 3.80. The molecule has 0 heterocycles. The van der Waals surface area contributed by atoms with Crippen LogP contribution in [0.4, 0.5) is 0 Å². The van der Waals surface area contributed by atoms with Crippen LogP contribution in [0.1, 0.15) is 6.42 Å². The Balaban J connectivity index is 2.58. The molecule has 1 aliphatic carbocycles. The molecule has 0 nitrogen and oxygen atoms in total. The maximum atomic E-state index is 3.34. The van der Waals surface area contributed by atoms with E-state index in [0.717, 1.165) is 6.42 Å². The molecule has 0 N–H and O–H groups in total. The van der Waals surface area contributed by atoms with Gasteiger partial charge >= 0.3 is 54.9 Å². The van der Waals surface area contributed by atoms with Crippen molar-refractivity contribution in [3.8, 4) is 0 Å². The first kappa shape index (κ1) is 6.15. The summed E-state index contributed by atoms with van der Waals surface area (Å²) in [7, 11) is 0. The van der Waals surface area contributed by atoms with E-state index in [2.05, 4.69) is 29.7 Å². The van der Waals surface area contributed by atoms with Gasteiger partial charge in [0.2, 0.25) is 0 Å². The molecule has 0 spiro atoms. The summed E-state index contributed by atoms with van der Waals surface area (Å²) in [4.78, 5) is 0. The van der Waals surface area contributed by atoms with Gasteiger partial charge in [-0.3, -0.25) is 0 Å². The standard InChI is InChI=1S/C7H11Ge/c1-8(2)7-5-3-4-6-7/h3,5,8H,4H2,1-2H3. The summed E-state index contributed by atoms with van der Waals surface area (Å²) in [5.41, 5.74) is 0. The first-order valence-corrected chi connectivity index (χ1v) is 9.13. The van der Waals surface area contributed by atoms with E-state index >= 15 is 0 Å². The van der Waals surface area contributed by atoms with Crippen LogP contribution in [-0.2, 0) is 0 Å². The number of hydrogen-bond donors (Lipinski definition) is 0. The molecule has 0 aromatic rings. The summed E-state index contributed by atoms with van der Waals surface area (Å²) < 4.78 is 1.55. The van der Waals surface area contributed by atoms with Gasteiger partial charge in [-0.1, -0.05) is 0 Å². The van der Waals surface area contributed by atoms with Gasteiger partial charge in [0.05, 0.1) is 0 Å². The second kappa shape index (κ2) is 2.54. The van der Waals surface area contributed by atoms with Gasteiger partial charge in [0.15, 0.2) is 0 Å². The molecule has 1 heteroatoms. The van der Waals surface area contributed by atoms with Crippen molar-refractivity contribution >= 4 is 14.3 Å². The van der Waals surface area contributed by atoms with Gasteiger partial charge in [0.25, 0.3) is 0 Å². The summed E-state index contributed by atoms with van der Waals surface area (Å²) in [6.45, 7) is 0. The molecular formula is C7H11Ge. The van der Waals surface area contributed by atoms with Gasteiger partial charge in [-0.2, -0.15) is 0 Å². The van der Waals surface area contributed by atoms with E-state index in [1.807, 2.05) is 0 Å². The molecule has 0 bridgehead atoms. The molecule has 0 atom stereocenters. The Labute approximate surface area is 55.4 Å². The zero-order valence-corrected chi connectivity index (χ0v) is 7.86. The average Bonchev–Trinajstić information content (AvgIpc) is 2.12. The molecule has 0 aromatic carbocycles. The van der Waals surface area contributed by atoms with E-state index in [1.54, 1.807) is 4.41 Å². The van der Waals surface area contributed by atoms with Crippen LogP contribution in [0, 0.1) is 6.08 Å². The van der Waals surface area contributed by atoms with Crippen LogP contribution in [0.3, 0.4) is 0 Å². The molecular weight excluding hydrogens is 157 g/mol. The van der Waals surface area contributed by atoms with Crippen molar-refractivity contribution in [2.75, 3.05) is 0 Å². The minimum absolute atomic E-state index is 0.912. The molecule has 43 valence electrons. The molecule has 0 unspecified atom stereocenters. The Morgan fingerprint density at radius 3 is 2.62 bits per heavy atom. The second-order valence-electron chi connectivity index (χ2n) is 2.39. The third kappa shape index (κ3) is 1.25. The first-order valence-electron chi connectivity index (χ1n) is 3.08. The minimum atomic E-state index is -0.912. The van der Waals surface area contributed by atoms with Gasteiger partial charge in [-0.05, 0) is 0 Å². The predicted octanol–water partition coefficient (Wildman–Crippen LogP) is 1.70. The van der Waals surface area contributed by atoms with Crippen LogP contribution >= 0.6 is 0 Å². The summed E-state index contributed by atoms with van der Waals surface area (Å²) in [5, 5.41) is 0. The van der Waals surface area contributed by atoms with Gasteiger partial charge in [0.1, 0.15) is 0 Å². The van der Waals surface area contributed by atoms with Gasteiger partial charge < -0.3 is 0 Å². The van der Waals surface area contributed by atoms with Crippen molar-refractivity contribution in [3.63, 3.8) is 0 Å². The van der Waals surface area contributed by atoms with Crippen molar-refractivity contribution in [1.82, 2.24) is 0 Å².